The van der Waals surface area contributed by atoms with Crippen molar-refractivity contribution in [3.63, 3.8) is 0 Å². The Morgan fingerprint density at radius 3 is 2.44 bits per heavy atom. The number of carbonyl (C=O) groups is 1. The number of nitriles is 1. The first-order valence-electron chi connectivity index (χ1n) is 11.4. The van der Waals surface area contributed by atoms with Crippen LogP contribution in [0.15, 0.2) is 66.4 Å². The number of ether oxygens (including phenoxy) is 1. The van der Waals surface area contributed by atoms with Crippen LogP contribution in [0.25, 0.3) is 0 Å². The minimum absolute atomic E-state index is 0.142. The first-order valence-corrected chi connectivity index (χ1v) is 11.4. The number of anilines is 2. The van der Waals surface area contributed by atoms with Gasteiger partial charge in [-0.05, 0) is 42.9 Å². The summed E-state index contributed by atoms with van der Waals surface area (Å²) in [7, 11) is 0. The van der Waals surface area contributed by atoms with E-state index < -0.39 is 0 Å². The number of likely N-dealkylation sites (tertiary alicyclic amines) is 1. The second kappa shape index (κ2) is 10.8. The Labute approximate surface area is 190 Å². The van der Waals surface area contributed by atoms with E-state index in [0.717, 1.165) is 43.7 Å². The number of benzene rings is 2. The summed E-state index contributed by atoms with van der Waals surface area (Å²) in [5.74, 6) is 0.386. The van der Waals surface area contributed by atoms with Gasteiger partial charge >= 0.3 is 0 Å². The van der Waals surface area contributed by atoms with Crippen LogP contribution in [0.3, 0.4) is 0 Å². The van der Waals surface area contributed by atoms with Gasteiger partial charge in [-0.15, -0.1) is 0 Å². The molecule has 4 rings (SSSR count). The van der Waals surface area contributed by atoms with Crippen molar-refractivity contribution in [2.24, 2.45) is 5.92 Å². The second-order valence-electron chi connectivity index (χ2n) is 8.36. The average molecular weight is 431 g/mol. The molecule has 2 aromatic carbocycles. The summed E-state index contributed by atoms with van der Waals surface area (Å²) in [6, 6.07) is 20.6. The van der Waals surface area contributed by atoms with E-state index in [2.05, 4.69) is 40.6 Å². The van der Waals surface area contributed by atoms with Gasteiger partial charge in [0.1, 0.15) is 11.6 Å². The fraction of sp³-hybridized carbons (Fsp3) is 0.385. The number of morpholine rings is 1. The Hall–Kier alpha value is -3.30. The molecule has 2 fully saturated rings. The molecule has 0 radical (unpaired) electrons. The molecule has 166 valence electrons. The fourth-order valence-corrected chi connectivity index (χ4v) is 4.43. The highest BCUT2D eigenvalue weighted by atomic mass is 16.5. The summed E-state index contributed by atoms with van der Waals surface area (Å²) in [6.07, 6.45) is 4.53. The van der Waals surface area contributed by atoms with E-state index in [4.69, 9.17) is 4.74 Å². The van der Waals surface area contributed by atoms with Crippen LogP contribution in [0.2, 0.25) is 0 Å². The maximum atomic E-state index is 13.0. The first-order chi connectivity index (χ1) is 15.7. The van der Waals surface area contributed by atoms with Gasteiger partial charge in [-0.2, -0.15) is 5.26 Å². The maximum Gasteiger partial charge on any atom is 0.266 e. The van der Waals surface area contributed by atoms with Crippen LogP contribution in [0, 0.1) is 17.2 Å². The molecule has 6 heteroatoms. The Kier molecular flexibility index (Phi) is 7.42. The van der Waals surface area contributed by atoms with Gasteiger partial charge in [-0.25, -0.2) is 0 Å². The number of rotatable bonds is 6. The van der Waals surface area contributed by atoms with Crippen LogP contribution in [-0.2, 0) is 16.0 Å². The number of carbonyl (C=O) groups excluding carboxylic acids is 1. The van der Waals surface area contributed by atoms with Crippen LogP contribution in [0.5, 0.6) is 0 Å². The summed E-state index contributed by atoms with van der Waals surface area (Å²) in [5.41, 5.74) is 3.43. The molecule has 2 aromatic rings. The number of hydrogen-bond donors (Lipinski definition) is 1. The standard InChI is InChI=1S/C26H30N4O2/c27-19-23(20-28-24-8-4-5-9-25(24)29-14-16-32-17-15-29)26(31)30-12-10-22(11-13-30)18-21-6-2-1-3-7-21/h1-9,20,22,28H,10-18H2/b23-20-. The predicted octanol–water partition coefficient (Wildman–Crippen LogP) is 3.82. The zero-order valence-electron chi connectivity index (χ0n) is 18.4. The molecule has 0 aromatic heterocycles. The molecule has 2 aliphatic heterocycles. The number of hydrogen-bond acceptors (Lipinski definition) is 5. The lowest BCUT2D eigenvalue weighted by Crippen LogP contribution is -2.39. The van der Waals surface area contributed by atoms with Crippen LogP contribution < -0.4 is 10.2 Å². The molecule has 2 aliphatic rings. The minimum atomic E-state index is -0.193. The fourth-order valence-electron chi connectivity index (χ4n) is 4.43. The number of para-hydroxylation sites is 2. The molecule has 0 bridgehead atoms. The number of piperidine rings is 1. The van der Waals surface area contributed by atoms with Crippen molar-refractivity contribution in [1.29, 1.82) is 5.26 Å². The Balaban J connectivity index is 1.36. The van der Waals surface area contributed by atoms with Gasteiger partial charge in [-0.1, -0.05) is 42.5 Å². The summed E-state index contributed by atoms with van der Waals surface area (Å²) < 4.78 is 5.45. The van der Waals surface area contributed by atoms with Crippen LogP contribution in [0.1, 0.15) is 18.4 Å². The van der Waals surface area contributed by atoms with E-state index in [-0.39, 0.29) is 11.5 Å². The molecule has 1 amide bonds. The largest absolute Gasteiger partial charge is 0.378 e. The molecule has 0 spiro atoms. The highest BCUT2D eigenvalue weighted by Gasteiger charge is 2.25. The van der Waals surface area contributed by atoms with Crippen LogP contribution >= 0.6 is 0 Å². The van der Waals surface area contributed by atoms with Gasteiger partial charge < -0.3 is 19.9 Å². The van der Waals surface area contributed by atoms with Crippen molar-refractivity contribution >= 4 is 17.3 Å². The summed E-state index contributed by atoms with van der Waals surface area (Å²) in [6.45, 7) is 4.44. The van der Waals surface area contributed by atoms with Gasteiger partial charge in [-0.3, -0.25) is 4.79 Å². The molecule has 2 heterocycles. The summed E-state index contributed by atoms with van der Waals surface area (Å²) >= 11 is 0. The third-order valence-electron chi connectivity index (χ3n) is 6.25. The molecule has 6 nitrogen and oxygen atoms in total. The van der Waals surface area contributed by atoms with Crippen LogP contribution in [0.4, 0.5) is 11.4 Å². The van der Waals surface area contributed by atoms with Crippen molar-refractivity contribution in [3.05, 3.63) is 71.9 Å². The first kappa shape index (κ1) is 21.9. The van der Waals surface area contributed by atoms with Crippen molar-refractivity contribution < 1.29 is 9.53 Å². The van der Waals surface area contributed by atoms with Gasteiger partial charge in [0, 0.05) is 32.4 Å². The lowest BCUT2D eigenvalue weighted by Gasteiger charge is -2.32. The Morgan fingerprint density at radius 1 is 1.03 bits per heavy atom. The Morgan fingerprint density at radius 2 is 1.72 bits per heavy atom. The van der Waals surface area contributed by atoms with Crippen LogP contribution in [-0.4, -0.2) is 50.2 Å². The molecule has 32 heavy (non-hydrogen) atoms. The highest BCUT2D eigenvalue weighted by Crippen LogP contribution is 2.27. The van der Waals surface area contributed by atoms with E-state index in [1.807, 2.05) is 35.2 Å². The quantitative estimate of drug-likeness (QED) is 0.557. The molecule has 2 saturated heterocycles. The van der Waals surface area contributed by atoms with E-state index in [1.54, 1.807) is 6.20 Å². The SMILES string of the molecule is N#C/C(=C/Nc1ccccc1N1CCOCC1)C(=O)N1CCC(Cc2ccccc2)CC1. The lowest BCUT2D eigenvalue weighted by atomic mass is 9.90. The molecule has 0 saturated carbocycles. The molecular weight excluding hydrogens is 400 g/mol. The van der Waals surface area contributed by atoms with E-state index in [9.17, 15) is 10.1 Å². The van der Waals surface area contributed by atoms with E-state index in [1.165, 1.54) is 5.56 Å². The molecule has 0 unspecified atom stereocenters. The second-order valence-corrected chi connectivity index (χ2v) is 8.36. The van der Waals surface area contributed by atoms with Crippen molar-refractivity contribution in [1.82, 2.24) is 4.90 Å². The normalized spacial score (nSPS) is 17.7. The third kappa shape index (κ3) is 5.49. The predicted molar refractivity (Wildman–Crippen MR) is 126 cm³/mol. The summed E-state index contributed by atoms with van der Waals surface area (Å²) in [5, 5.41) is 12.8. The maximum absolute atomic E-state index is 13.0. The number of nitrogens with zero attached hydrogens (tertiary/aromatic N) is 3. The third-order valence-corrected chi connectivity index (χ3v) is 6.25. The lowest BCUT2D eigenvalue weighted by molar-refractivity contribution is -0.128. The molecular formula is C26H30N4O2. The minimum Gasteiger partial charge on any atom is -0.378 e. The van der Waals surface area contributed by atoms with Crippen molar-refractivity contribution in [3.8, 4) is 6.07 Å². The zero-order chi connectivity index (χ0) is 22.2. The summed E-state index contributed by atoms with van der Waals surface area (Å²) in [4.78, 5) is 17.0. The molecule has 0 atom stereocenters. The average Bonchev–Trinajstić information content (AvgIpc) is 2.86. The van der Waals surface area contributed by atoms with E-state index in [0.29, 0.717) is 32.2 Å². The van der Waals surface area contributed by atoms with Crippen molar-refractivity contribution in [2.45, 2.75) is 19.3 Å². The number of nitrogens with one attached hydrogen (secondary N) is 1. The number of amides is 1. The van der Waals surface area contributed by atoms with Crippen molar-refractivity contribution in [2.75, 3.05) is 49.6 Å². The van der Waals surface area contributed by atoms with Gasteiger partial charge in [0.15, 0.2) is 0 Å². The Bertz CT molecular complexity index is 969. The molecule has 1 N–H and O–H groups in total. The van der Waals surface area contributed by atoms with Gasteiger partial charge in [0.05, 0.1) is 24.6 Å². The van der Waals surface area contributed by atoms with Gasteiger partial charge in [0.2, 0.25) is 0 Å². The van der Waals surface area contributed by atoms with Gasteiger partial charge in [0.25, 0.3) is 5.91 Å². The molecule has 0 aliphatic carbocycles. The monoisotopic (exact) mass is 430 g/mol. The zero-order valence-corrected chi connectivity index (χ0v) is 18.4. The van der Waals surface area contributed by atoms with E-state index >= 15 is 0 Å². The smallest absolute Gasteiger partial charge is 0.266 e. The highest BCUT2D eigenvalue weighted by molar-refractivity contribution is 5.97. The topological polar surface area (TPSA) is 68.6 Å².